The second-order valence-electron chi connectivity index (χ2n) is 6.61. The molecule has 0 aromatic heterocycles. The first-order valence-corrected chi connectivity index (χ1v) is 9.18. The van der Waals surface area contributed by atoms with Crippen LogP contribution in [0.25, 0.3) is 5.76 Å². The van der Waals surface area contributed by atoms with Crippen LogP contribution in [0, 0.1) is 0 Å². The van der Waals surface area contributed by atoms with Crippen LogP contribution in [0.4, 0.5) is 5.69 Å². The summed E-state index contributed by atoms with van der Waals surface area (Å²) in [6, 6.07) is 24.1. The van der Waals surface area contributed by atoms with Crippen LogP contribution >= 0.6 is 0 Å². The monoisotopic (exact) mass is 385 g/mol. The van der Waals surface area contributed by atoms with Gasteiger partial charge in [0.2, 0.25) is 0 Å². The SMILES string of the molecule is COc1ccccc1[C@H]1C(=C(O)c2ccccc2)C(=O)C(=O)N1c1ccccc1. The quantitative estimate of drug-likeness (QED) is 0.413. The normalized spacial score (nSPS) is 18.1. The van der Waals surface area contributed by atoms with E-state index in [1.54, 1.807) is 60.7 Å². The number of amides is 1. The van der Waals surface area contributed by atoms with E-state index in [9.17, 15) is 14.7 Å². The minimum Gasteiger partial charge on any atom is -0.507 e. The van der Waals surface area contributed by atoms with E-state index in [4.69, 9.17) is 4.74 Å². The number of carbonyl (C=O) groups is 2. The van der Waals surface area contributed by atoms with Gasteiger partial charge in [0.1, 0.15) is 11.5 Å². The minimum absolute atomic E-state index is 0.0366. The Labute approximate surface area is 168 Å². The highest BCUT2D eigenvalue weighted by Crippen LogP contribution is 2.44. The Morgan fingerprint density at radius 1 is 0.862 bits per heavy atom. The van der Waals surface area contributed by atoms with Crippen LogP contribution in [-0.4, -0.2) is 23.9 Å². The molecular formula is C24H19NO4. The number of Topliss-reactive ketones (excluding diaryl/α,β-unsaturated/α-hetero) is 1. The van der Waals surface area contributed by atoms with E-state index in [0.29, 0.717) is 22.6 Å². The van der Waals surface area contributed by atoms with Gasteiger partial charge in [-0.2, -0.15) is 0 Å². The van der Waals surface area contributed by atoms with Gasteiger partial charge in [-0.3, -0.25) is 14.5 Å². The molecule has 0 radical (unpaired) electrons. The molecule has 0 bridgehead atoms. The number of benzene rings is 3. The molecule has 3 aromatic rings. The molecule has 1 amide bonds. The molecule has 1 aliphatic rings. The fraction of sp³-hybridized carbons (Fsp3) is 0.0833. The Morgan fingerprint density at radius 3 is 2.10 bits per heavy atom. The summed E-state index contributed by atoms with van der Waals surface area (Å²) in [5, 5.41) is 11.0. The van der Waals surface area contributed by atoms with Gasteiger partial charge in [0.25, 0.3) is 11.7 Å². The lowest BCUT2D eigenvalue weighted by Gasteiger charge is -2.26. The number of rotatable bonds is 4. The Kier molecular flexibility index (Phi) is 4.87. The maximum atomic E-state index is 13.0. The first-order chi connectivity index (χ1) is 14.1. The molecule has 1 aliphatic heterocycles. The van der Waals surface area contributed by atoms with Crippen molar-refractivity contribution < 1.29 is 19.4 Å². The zero-order valence-corrected chi connectivity index (χ0v) is 15.8. The molecule has 3 aromatic carbocycles. The van der Waals surface area contributed by atoms with Crippen molar-refractivity contribution in [2.24, 2.45) is 0 Å². The van der Waals surface area contributed by atoms with Crippen LogP contribution < -0.4 is 9.64 Å². The fourth-order valence-corrected chi connectivity index (χ4v) is 3.63. The first-order valence-electron chi connectivity index (χ1n) is 9.18. The average molecular weight is 385 g/mol. The smallest absolute Gasteiger partial charge is 0.300 e. The lowest BCUT2D eigenvalue weighted by molar-refractivity contribution is -0.132. The van der Waals surface area contributed by atoms with Gasteiger partial charge in [-0.15, -0.1) is 0 Å². The van der Waals surface area contributed by atoms with Crippen molar-refractivity contribution in [2.45, 2.75) is 6.04 Å². The van der Waals surface area contributed by atoms with Crippen molar-refractivity contribution in [3.63, 3.8) is 0 Å². The summed E-state index contributed by atoms with van der Waals surface area (Å²) in [7, 11) is 1.53. The molecule has 1 fully saturated rings. The maximum absolute atomic E-state index is 13.0. The van der Waals surface area contributed by atoms with Crippen LogP contribution in [0.3, 0.4) is 0 Å². The summed E-state index contributed by atoms with van der Waals surface area (Å²) in [5.74, 6) is -1.10. The van der Waals surface area contributed by atoms with E-state index in [1.165, 1.54) is 12.0 Å². The number of ketones is 1. The number of methoxy groups -OCH3 is 1. The number of hydrogen-bond donors (Lipinski definition) is 1. The Balaban J connectivity index is 1.99. The molecular weight excluding hydrogens is 366 g/mol. The van der Waals surface area contributed by atoms with Gasteiger partial charge >= 0.3 is 0 Å². The zero-order chi connectivity index (χ0) is 20.4. The van der Waals surface area contributed by atoms with Crippen LogP contribution in [0.5, 0.6) is 5.75 Å². The second kappa shape index (κ2) is 7.64. The van der Waals surface area contributed by atoms with Crippen LogP contribution in [0.15, 0.2) is 90.5 Å². The molecule has 1 heterocycles. The Morgan fingerprint density at radius 2 is 1.45 bits per heavy atom. The van der Waals surface area contributed by atoms with Crippen LogP contribution in [0.2, 0.25) is 0 Å². The van der Waals surface area contributed by atoms with E-state index in [1.807, 2.05) is 24.3 Å². The highest BCUT2D eigenvalue weighted by atomic mass is 16.5. The highest BCUT2D eigenvalue weighted by Gasteiger charge is 2.47. The van der Waals surface area contributed by atoms with Gasteiger partial charge in [0.15, 0.2) is 0 Å². The van der Waals surface area contributed by atoms with Crippen molar-refractivity contribution >= 4 is 23.1 Å². The fourth-order valence-electron chi connectivity index (χ4n) is 3.63. The molecule has 1 N–H and O–H groups in total. The molecule has 4 rings (SSSR count). The van der Waals surface area contributed by atoms with E-state index in [2.05, 4.69) is 0 Å². The van der Waals surface area contributed by atoms with Gasteiger partial charge in [0.05, 0.1) is 18.7 Å². The number of carbonyl (C=O) groups excluding carboxylic acids is 2. The first kappa shape index (κ1) is 18.5. The number of aliphatic hydroxyl groups excluding tert-OH is 1. The number of nitrogens with zero attached hydrogens (tertiary/aromatic N) is 1. The van der Waals surface area contributed by atoms with Crippen molar-refractivity contribution in [3.8, 4) is 5.75 Å². The topological polar surface area (TPSA) is 66.8 Å². The van der Waals surface area contributed by atoms with E-state index in [0.717, 1.165) is 0 Å². The third kappa shape index (κ3) is 3.17. The number of aliphatic hydroxyl groups is 1. The lowest BCUT2D eigenvalue weighted by Crippen LogP contribution is -2.29. The minimum atomic E-state index is -0.811. The van der Waals surface area contributed by atoms with Gasteiger partial charge in [-0.1, -0.05) is 66.7 Å². The van der Waals surface area contributed by atoms with Gasteiger partial charge in [-0.25, -0.2) is 0 Å². The van der Waals surface area contributed by atoms with Gasteiger partial charge in [0, 0.05) is 16.8 Å². The largest absolute Gasteiger partial charge is 0.507 e. The molecule has 5 heteroatoms. The third-order valence-electron chi connectivity index (χ3n) is 4.96. The predicted molar refractivity (Wildman–Crippen MR) is 111 cm³/mol. The number of para-hydroxylation sites is 2. The summed E-state index contributed by atoms with van der Waals surface area (Å²) in [4.78, 5) is 27.5. The zero-order valence-electron chi connectivity index (χ0n) is 15.8. The van der Waals surface area contributed by atoms with Crippen LogP contribution in [-0.2, 0) is 9.59 Å². The molecule has 5 nitrogen and oxygen atoms in total. The molecule has 0 unspecified atom stereocenters. The molecule has 1 atom stereocenters. The molecule has 0 aliphatic carbocycles. The second-order valence-corrected chi connectivity index (χ2v) is 6.61. The van der Waals surface area contributed by atoms with E-state index in [-0.39, 0.29) is 11.3 Å². The molecule has 0 saturated carbocycles. The molecule has 29 heavy (non-hydrogen) atoms. The lowest BCUT2D eigenvalue weighted by atomic mass is 9.94. The van der Waals surface area contributed by atoms with Crippen molar-refractivity contribution in [1.29, 1.82) is 0 Å². The third-order valence-corrected chi connectivity index (χ3v) is 4.96. The number of anilines is 1. The van der Waals surface area contributed by atoms with Crippen LogP contribution in [0.1, 0.15) is 17.2 Å². The number of ether oxygens (including phenoxy) is 1. The standard InChI is InChI=1S/C24H19NO4/c1-29-19-15-9-8-14-18(19)21-20(22(26)16-10-4-2-5-11-16)23(27)24(28)25(21)17-12-6-3-7-13-17/h2-15,21,26H,1H3/t21-/m0/s1. The predicted octanol–water partition coefficient (Wildman–Crippen LogP) is 4.32. The van der Waals surface area contributed by atoms with E-state index < -0.39 is 17.7 Å². The van der Waals surface area contributed by atoms with Crippen molar-refractivity contribution in [3.05, 3.63) is 102 Å². The van der Waals surface area contributed by atoms with Gasteiger partial charge < -0.3 is 9.84 Å². The summed E-state index contributed by atoms with van der Waals surface area (Å²) in [6.07, 6.45) is 0. The Bertz CT molecular complexity index is 1090. The maximum Gasteiger partial charge on any atom is 0.300 e. The molecule has 0 spiro atoms. The average Bonchev–Trinajstić information content (AvgIpc) is 3.05. The summed E-state index contributed by atoms with van der Waals surface area (Å²) in [5.41, 5.74) is 1.70. The van der Waals surface area contributed by atoms with Crippen molar-refractivity contribution in [2.75, 3.05) is 12.0 Å². The Hall–Kier alpha value is -3.86. The molecule has 1 saturated heterocycles. The molecule has 144 valence electrons. The number of hydrogen-bond acceptors (Lipinski definition) is 4. The summed E-state index contributed by atoms with van der Waals surface area (Å²) >= 11 is 0. The summed E-state index contributed by atoms with van der Waals surface area (Å²) in [6.45, 7) is 0. The van der Waals surface area contributed by atoms with Crippen molar-refractivity contribution in [1.82, 2.24) is 0 Å². The van der Waals surface area contributed by atoms with E-state index >= 15 is 0 Å². The van der Waals surface area contributed by atoms with Gasteiger partial charge in [-0.05, 0) is 18.2 Å². The summed E-state index contributed by atoms with van der Waals surface area (Å²) < 4.78 is 5.49. The highest BCUT2D eigenvalue weighted by molar-refractivity contribution is 6.51.